The van der Waals surface area contributed by atoms with Crippen molar-refractivity contribution in [2.24, 2.45) is 0 Å². The lowest BCUT2D eigenvalue weighted by atomic mass is 10.1. The molecule has 0 aliphatic carbocycles. The molecule has 3 rings (SSSR count). The fourth-order valence-corrected chi connectivity index (χ4v) is 3.53. The van der Waals surface area contributed by atoms with Gasteiger partial charge in [-0.2, -0.15) is 0 Å². The molecule has 3 N–H and O–H groups in total. The number of carbonyl (C=O) groups is 1. The first-order valence-electron chi connectivity index (χ1n) is 8.15. The van der Waals surface area contributed by atoms with E-state index in [0.29, 0.717) is 22.2 Å². The Morgan fingerprint density at radius 1 is 1.00 bits per heavy atom. The van der Waals surface area contributed by atoms with Gasteiger partial charge < -0.3 is 5.32 Å². The number of hydrogen-bond acceptors (Lipinski definition) is 4. The lowest BCUT2D eigenvalue weighted by Crippen LogP contribution is -2.46. The van der Waals surface area contributed by atoms with Crippen molar-refractivity contribution in [2.75, 3.05) is 6.54 Å². The minimum absolute atomic E-state index is 0.274. The van der Waals surface area contributed by atoms with Gasteiger partial charge in [0.05, 0.1) is 5.69 Å². The van der Waals surface area contributed by atoms with Crippen molar-refractivity contribution >= 4 is 34.6 Å². The first-order chi connectivity index (χ1) is 12.7. The topological polar surface area (TPSA) is 66.0 Å². The van der Waals surface area contributed by atoms with Gasteiger partial charge in [-0.05, 0) is 19.1 Å². The van der Waals surface area contributed by atoms with E-state index in [1.165, 1.54) is 11.3 Å². The number of hydrazine groups is 1. The zero-order valence-electron chi connectivity index (χ0n) is 14.2. The molecular formula is C19H18N4OS2. The summed E-state index contributed by atoms with van der Waals surface area (Å²) in [6, 6.07) is 19.5. The van der Waals surface area contributed by atoms with Gasteiger partial charge in [-0.1, -0.05) is 60.7 Å². The Hall–Kier alpha value is -2.77. The van der Waals surface area contributed by atoms with Crippen LogP contribution in [0.5, 0.6) is 0 Å². The smallest absolute Gasteiger partial charge is 0.282 e. The SMILES string of the molecule is CCNC(=S)NNC(=O)c1sc(-c2ccccc2)nc1-c1ccccc1. The van der Waals surface area contributed by atoms with Crippen LogP contribution in [0.15, 0.2) is 60.7 Å². The summed E-state index contributed by atoms with van der Waals surface area (Å²) in [4.78, 5) is 17.9. The number of carbonyl (C=O) groups excluding carboxylic acids is 1. The number of thiazole rings is 1. The molecule has 1 aromatic heterocycles. The van der Waals surface area contributed by atoms with E-state index in [1.807, 2.05) is 67.6 Å². The molecule has 0 atom stereocenters. The number of nitrogens with zero attached hydrogens (tertiary/aromatic N) is 1. The average Bonchev–Trinajstić information content (AvgIpc) is 3.13. The Kier molecular flexibility index (Phi) is 5.93. The van der Waals surface area contributed by atoms with Crippen LogP contribution in [0.2, 0.25) is 0 Å². The molecule has 1 heterocycles. The normalized spacial score (nSPS) is 10.2. The summed E-state index contributed by atoms with van der Waals surface area (Å²) in [6.07, 6.45) is 0. The number of rotatable bonds is 4. The fraction of sp³-hybridized carbons (Fsp3) is 0.105. The van der Waals surface area contributed by atoms with Crippen LogP contribution < -0.4 is 16.2 Å². The number of benzene rings is 2. The molecule has 3 aromatic rings. The molecule has 0 saturated heterocycles. The summed E-state index contributed by atoms with van der Waals surface area (Å²) in [5, 5.41) is 4.09. The predicted molar refractivity (Wildman–Crippen MR) is 110 cm³/mol. The van der Waals surface area contributed by atoms with Gasteiger partial charge in [0.25, 0.3) is 5.91 Å². The molecule has 1 amide bonds. The van der Waals surface area contributed by atoms with Gasteiger partial charge in [0.15, 0.2) is 5.11 Å². The van der Waals surface area contributed by atoms with E-state index >= 15 is 0 Å². The van der Waals surface area contributed by atoms with Gasteiger partial charge >= 0.3 is 0 Å². The molecule has 2 aromatic carbocycles. The summed E-state index contributed by atoms with van der Waals surface area (Å²) in [7, 11) is 0. The molecule has 132 valence electrons. The first kappa shape index (κ1) is 18.0. The molecule has 0 unspecified atom stereocenters. The maximum atomic E-state index is 12.7. The van der Waals surface area contributed by atoms with Crippen LogP contribution in [0.25, 0.3) is 21.8 Å². The summed E-state index contributed by atoms with van der Waals surface area (Å²) < 4.78 is 0. The van der Waals surface area contributed by atoms with E-state index in [9.17, 15) is 4.79 Å². The van der Waals surface area contributed by atoms with Crippen molar-refractivity contribution in [3.63, 3.8) is 0 Å². The fourth-order valence-electron chi connectivity index (χ4n) is 2.34. The first-order valence-corrected chi connectivity index (χ1v) is 9.37. The van der Waals surface area contributed by atoms with E-state index in [4.69, 9.17) is 17.2 Å². The zero-order valence-corrected chi connectivity index (χ0v) is 15.8. The Morgan fingerprint density at radius 3 is 2.23 bits per heavy atom. The quantitative estimate of drug-likeness (QED) is 0.475. The Balaban J connectivity index is 1.93. The standard InChI is InChI=1S/C19H18N4OS2/c1-2-20-19(25)23-22-17(24)16-15(13-9-5-3-6-10-13)21-18(26-16)14-11-7-4-8-12-14/h3-12H,2H2,1H3,(H,22,24)(H2,20,23,25). The van der Waals surface area contributed by atoms with Gasteiger partial charge in [0.2, 0.25) is 0 Å². The van der Waals surface area contributed by atoms with Crippen molar-refractivity contribution in [2.45, 2.75) is 6.92 Å². The van der Waals surface area contributed by atoms with Crippen LogP contribution in [-0.4, -0.2) is 22.5 Å². The number of hydrogen-bond donors (Lipinski definition) is 3. The third-order valence-corrected chi connectivity index (χ3v) is 4.88. The largest absolute Gasteiger partial charge is 0.362 e. The molecule has 0 spiro atoms. The molecule has 0 radical (unpaired) electrons. The highest BCUT2D eigenvalue weighted by molar-refractivity contribution is 7.80. The van der Waals surface area contributed by atoms with Crippen LogP contribution in [0.3, 0.4) is 0 Å². The molecule has 0 saturated carbocycles. The van der Waals surface area contributed by atoms with Crippen molar-refractivity contribution in [1.29, 1.82) is 0 Å². The van der Waals surface area contributed by atoms with E-state index in [1.54, 1.807) is 0 Å². The molecule has 5 nitrogen and oxygen atoms in total. The Morgan fingerprint density at radius 2 is 1.62 bits per heavy atom. The van der Waals surface area contributed by atoms with Crippen molar-refractivity contribution < 1.29 is 4.79 Å². The minimum Gasteiger partial charge on any atom is -0.362 e. The molecule has 0 aliphatic rings. The second kappa shape index (κ2) is 8.55. The maximum Gasteiger partial charge on any atom is 0.282 e. The third kappa shape index (κ3) is 4.25. The molecule has 0 aliphatic heterocycles. The molecule has 0 fully saturated rings. The Bertz CT molecular complexity index is 894. The minimum atomic E-state index is -0.274. The number of nitrogens with one attached hydrogen (secondary N) is 3. The number of aromatic nitrogens is 1. The molecule has 0 bridgehead atoms. The molecule has 7 heteroatoms. The highest BCUT2D eigenvalue weighted by Gasteiger charge is 2.20. The van der Waals surface area contributed by atoms with Crippen molar-refractivity contribution in [3.05, 3.63) is 65.5 Å². The zero-order chi connectivity index (χ0) is 18.4. The van der Waals surface area contributed by atoms with Gasteiger partial charge in [0, 0.05) is 17.7 Å². The maximum absolute atomic E-state index is 12.7. The highest BCUT2D eigenvalue weighted by Crippen LogP contribution is 2.33. The van der Waals surface area contributed by atoms with Crippen LogP contribution in [0.4, 0.5) is 0 Å². The predicted octanol–water partition coefficient (Wildman–Crippen LogP) is 3.61. The van der Waals surface area contributed by atoms with Crippen molar-refractivity contribution in [3.8, 4) is 21.8 Å². The van der Waals surface area contributed by atoms with E-state index in [-0.39, 0.29) is 5.91 Å². The van der Waals surface area contributed by atoms with Gasteiger partial charge in [-0.25, -0.2) is 4.98 Å². The van der Waals surface area contributed by atoms with Crippen LogP contribution in [0, 0.1) is 0 Å². The van der Waals surface area contributed by atoms with Gasteiger partial charge in [0.1, 0.15) is 9.88 Å². The van der Waals surface area contributed by atoms with Gasteiger partial charge in [-0.15, -0.1) is 11.3 Å². The van der Waals surface area contributed by atoms with Crippen LogP contribution >= 0.6 is 23.6 Å². The molecular weight excluding hydrogens is 364 g/mol. The second-order valence-electron chi connectivity index (χ2n) is 5.37. The van der Waals surface area contributed by atoms with Gasteiger partial charge in [-0.3, -0.25) is 15.6 Å². The van der Waals surface area contributed by atoms with E-state index < -0.39 is 0 Å². The summed E-state index contributed by atoms with van der Waals surface area (Å²) in [5.74, 6) is -0.274. The van der Waals surface area contributed by atoms with E-state index in [2.05, 4.69) is 16.2 Å². The van der Waals surface area contributed by atoms with E-state index in [0.717, 1.165) is 16.1 Å². The summed E-state index contributed by atoms with van der Waals surface area (Å²) in [6.45, 7) is 2.61. The summed E-state index contributed by atoms with van der Waals surface area (Å²) in [5.41, 5.74) is 7.87. The average molecular weight is 383 g/mol. The van der Waals surface area contributed by atoms with Crippen LogP contribution in [-0.2, 0) is 0 Å². The number of amides is 1. The molecule has 26 heavy (non-hydrogen) atoms. The monoisotopic (exact) mass is 382 g/mol. The number of thiocarbonyl (C=S) groups is 1. The third-order valence-electron chi connectivity index (χ3n) is 3.53. The Labute approximate surface area is 161 Å². The second-order valence-corrected chi connectivity index (χ2v) is 6.77. The lowest BCUT2D eigenvalue weighted by molar-refractivity contribution is 0.0948. The lowest BCUT2D eigenvalue weighted by Gasteiger charge is -2.09. The highest BCUT2D eigenvalue weighted by atomic mass is 32.1. The van der Waals surface area contributed by atoms with Crippen LogP contribution in [0.1, 0.15) is 16.6 Å². The summed E-state index contributed by atoms with van der Waals surface area (Å²) >= 11 is 6.43. The van der Waals surface area contributed by atoms with Crippen molar-refractivity contribution in [1.82, 2.24) is 21.2 Å².